The standard InChI is InChI=1S/C31H36FN5O3S/c1-3-19-18-37(27-23(19)12-13-24(27)38)30(40)26(20-6-4-5-7-20)33-29(39)22-10-8-21(9-11-22)25-28(32)41-31(34-25)36-16-14-35(2)15-17-36/h1,8-11,19-20,23,26-27H,4-7,12-18H2,2H3,(H,33,39)/t19-,23-,26+,27+/m1/s1. The van der Waals surface area contributed by atoms with Gasteiger partial charge in [0, 0.05) is 62.1 Å². The third-order valence-corrected chi connectivity index (χ3v) is 10.3. The van der Waals surface area contributed by atoms with Crippen LogP contribution < -0.4 is 10.2 Å². The van der Waals surface area contributed by atoms with Gasteiger partial charge < -0.3 is 20.0 Å². The van der Waals surface area contributed by atoms with E-state index in [0.717, 1.165) is 63.2 Å². The number of halogens is 1. The molecule has 2 amide bonds. The minimum absolute atomic E-state index is 0.00630. The average molecular weight is 578 g/mol. The van der Waals surface area contributed by atoms with E-state index >= 15 is 0 Å². The lowest BCUT2D eigenvalue weighted by atomic mass is 9.93. The zero-order valence-electron chi connectivity index (χ0n) is 23.4. The highest BCUT2D eigenvalue weighted by molar-refractivity contribution is 7.14. The summed E-state index contributed by atoms with van der Waals surface area (Å²) in [6, 6.07) is 5.51. The molecule has 216 valence electrons. The summed E-state index contributed by atoms with van der Waals surface area (Å²) in [6.45, 7) is 3.78. The lowest BCUT2D eigenvalue weighted by Gasteiger charge is -2.31. The van der Waals surface area contributed by atoms with Crippen molar-refractivity contribution >= 4 is 34.1 Å². The summed E-state index contributed by atoms with van der Waals surface area (Å²) in [5.41, 5.74) is 1.27. The van der Waals surface area contributed by atoms with Gasteiger partial charge in [0.2, 0.25) is 11.0 Å². The second-order valence-electron chi connectivity index (χ2n) is 11.9. The summed E-state index contributed by atoms with van der Waals surface area (Å²) >= 11 is 1.05. The summed E-state index contributed by atoms with van der Waals surface area (Å²) in [5, 5.41) is 3.33. The number of rotatable bonds is 6. The van der Waals surface area contributed by atoms with E-state index in [2.05, 4.69) is 33.1 Å². The average Bonchev–Trinajstić information content (AvgIpc) is 3.78. The molecule has 8 nitrogen and oxygen atoms in total. The first-order chi connectivity index (χ1) is 19.8. The normalized spacial score (nSPS) is 25.8. The minimum Gasteiger partial charge on any atom is -0.345 e. The van der Waals surface area contributed by atoms with Crippen LogP contribution in [0.3, 0.4) is 0 Å². The number of thiazole rings is 1. The van der Waals surface area contributed by atoms with Gasteiger partial charge in [-0.1, -0.05) is 36.3 Å². The molecule has 2 aromatic rings. The van der Waals surface area contributed by atoms with Gasteiger partial charge in [0.05, 0.1) is 6.04 Å². The number of benzene rings is 1. The quantitative estimate of drug-likeness (QED) is 0.530. The van der Waals surface area contributed by atoms with Crippen molar-refractivity contribution in [2.45, 2.75) is 50.6 Å². The molecule has 6 rings (SSSR count). The number of fused-ring (bicyclic) bond motifs is 1. The third-order valence-electron chi connectivity index (χ3n) is 9.40. The Hall–Kier alpha value is -3.29. The molecule has 41 heavy (non-hydrogen) atoms. The molecule has 2 saturated heterocycles. The monoisotopic (exact) mass is 577 g/mol. The van der Waals surface area contributed by atoms with E-state index in [1.807, 2.05) is 0 Å². The van der Waals surface area contributed by atoms with Crippen molar-refractivity contribution in [2.75, 3.05) is 44.7 Å². The van der Waals surface area contributed by atoms with Crippen LogP contribution in [0.5, 0.6) is 0 Å². The third kappa shape index (κ3) is 5.38. The Bertz CT molecular complexity index is 1360. The fourth-order valence-electron chi connectivity index (χ4n) is 7.00. The summed E-state index contributed by atoms with van der Waals surface area (Å²) in [7, 11) is 2.07. The number of hydrogen-bond acceptors (Lipinski definition) is 7. The Morgan fingerprint density at radius 3 is 2.51 bits per heavy atom. The van der Waals surface area contributed by atoms with E-state index in [1.54, 1.807) is 29.2 Å². The van der Waals surface area contributed by atoms with Crippen LogP contribution >= 0.6 is 11.3 Å². The highest BCUT2D eigenvalue weighted by Crippen LogP contribution is 2.41. The van der Waals surface area contributed by atoms with Gasteiger partial charge in [-0.05, 0) is 44.4 Å². The van der Waals surface area contributed by atoms with Crippen molar-refractivity contribution in [2.24, 2.45) is 17.8 Å². The summed E-state index contributed by atoms with van der Waals surface area (Å²) < 4.78 is 14.9. The van der Waals surface area contributed by atoms with Crippen LogP contribution in [0, 0.1) is 35.2 Å². The number of anilines is 1. The molecule has 4 atom stereocenters. The molecule has 1 N–H and O–H groups in total. The summed E-state index contributed by atoms with van der Waals surface area (Å²) in [6.07, 6.45) is 10.6. The van der Waals surface area contributed by atoms with Crippen LogP contribution in [0.1, 0.15) is 48.9 Å². The minimum atomic E-state index is -0.711. The van der Waals surface area contributed by atoms with E-state index in [9.17, 15) is 18.8 Å². The maximum atomic E-state index is 14.9. The van der Waals surface area contributed by atoms with Gasteiger partial charge in [0.15, 0.2) is 10.9 Å². The van der Waals surface area contributed by atoms with Gasteiger partial charge in [-0.3, -0.25) is 14.4 Å². The van der Waals surface area contributed by atoms with Gasteiger partial charge in [-0.2, -0.15) is 4.39 Å². The van der Waals surface area contributed by atoms with Gasteiger partial charge in [0.25, 0.3) is 5.91 Å². The van der Waals surface area contributed by atoms with Crippen molar-refractivity contribution in [3.05, 3.63) is 35.0 Å². The zero-order chi connectivity index (χ0) is 28.7. The molecular weight excluding hydrogens is 541 g/mol. The number of nitrogens with zero attached hydrogens (tertiary/aromatic N) is 4. The molecule has 2 saturated carbocycles. The molecule has 2 aliphatic carbocycles. The van der Waals surface area contributed by atoms with Crippen molar-refractivity contribution in [3.63, 3.8) is 0 Å². The van der Waals surface area contributed by atoms with E-state index in [-0.39, 0.29) is 46.2 Å². The Labute approximate surface area is 244 Å². The number of carbonyl (C=O) groups is 3. The largest absolute Gasteiger partial charge is 0.345 e. The van der Waals surface area contributed by atoms with Crippen LogP contribution in [0.2, 0.25) is 0 Å². The topological polar surface area (TPSA) is 85.8 Å². The lowest BCUT2D eigenvalue weighted by molar-refractivity contribution is -0.139. The Morgan fingerprint density at radius 2 is 1.83 bits per heavy atom. The first-order valence-corrected chi connectivity index (χ1v) is 15.5. The molecule has 0 radical (unpaired) electrons. The number of nitrogens with one attached hydrogen (secondary N) is 1. The molecule has 1 aromatic carbocycles. The smallest absolute Gasteiger partial charge is 0.251 e. The van der Waals surface area contributed by atoms with Gasteiger partial charge in [-0.25, -0.2) is 4.98 Å². The number of amides is 2. The van der Waals surface area contributed by atoms with E-state index in [4.69, 9.17) is 6.42 Å². The molecule has 3 heterocycles. The first kappa shape index (κ1) is 27.9. The number of ketones is 1. The van der Waals surface area contributed by atoms with Gasteiger partial charge in [0.1, 0.15) is 11.7 Å². The number of likely N-dealkylation sites (N-methyl/N-ethyl adjacent to an activating group) is 1. The van der Waals surface area contributed by atoms with E-state index in [0.29, 0.717) is 35.6 Å². The number of Topliss-reactive ketones (excluding diaryl/α,β-unsaturated/α-hetero) is 1. The molecule has 2 aliphatic heterocycles. The maximum Gasteiger partial charge on any atom is 0.251 e. The fraction of sp³-hybridized carbons (Fsp3) is 0.548. The second-order valence-corrected chi connectivity index (χ2v) is 12.8. The second kappa shape index (κ2) is 11.5. The molecule has 10 heteroatoms. The molecule has 4 aliphatic rings. The van der Waals surface area contributed by atoms with Gasteiger partial charge >= 0.3 is 0 Å². The number of aromatic nitrogens is 1. The molecule has 0 bridgehead atoms. The van der Waals surface area contributed by atoms with Crippen molar-refractivity contribution in [1.29, 1.82) is 0 Å². The Kier molecular flexibility index (Phi) is 7.84. The molecule has 1 aromatic heterocycles. The number of carbonyl (C=O) groups excluding carboxylic acids is 3. The fourth-order valence-corrected chi connectivity index (χ4v) is 7.87. The zero-order valence-corrected chi connectivity index (χ0v) is 24.2. The van der Waals surface area contributed by atoms with Crippen molar-refractivity contribution in [1.82, 2.24) is 20.1 Å². The van der Waals surface area contributed by atoms with Crippen molar-refractivity contribution < 1.29 is 18.8 Å². The predicted octanol–water partition coefficient (Wildman–Crippen LogP) is 3.43. The Balaban J connectivity index is 1.17. The number of terminal acetylenes is 1. The molecular formula is C31H36FN5O3S. The van der Waals surface area contributed by atoms with Crippen LogP contribution in [0.15, 0.2) is 24.3 Å². The van der Waals surface area contributed by atoms with E-state index < -0.39 is 12.1 Å². The number of piperazine rings is 1. The highest BCUT2D eigenvalue weighted by Gasteiger charge is 2.52. The van der Waals surface area contributed by atoms with Crippen LogP contribution in [-0.2, 0) is 9.59 Å². The number of likely N-dealkylation sites (tertiary alicyclic amines) is 1. The van der Waals surface area contributed by atoms with Crippen LogP contribution in [0.25, 0.3) is 11.3 Å². The summed E-state index contributed by atoms with van der Waals surface area (Å²) in [4.78, 5) is 50.6. The predicted molar refractivity (Wildman–Crippen MR) is 156 cm³/mol. The number of hydrogen-bond donors (Lipinski definition) is 1. The lowest BCUT2D eigenvalue weighted by Crippen LogP contribution is -2.54. The maximum absolute atomic E-state index is 14.9. The van der Waals surface area contributed by atoms with Crippen LogP contribution in [-0.4, -0.2) is 84.2 Å². The molecule has 0 unspecified atom stereocenters. The Morgan fingerprint density at radius 1 is 1.12 bits per heavy atom. The van der Waals surface area contributed by atoms with Crippen LogP contribution in [0.4, 0.5) is 9.52 Å². The SMILES string of the molecule is C#C[C@@H]1CN(C(=O)[C@@H](NC(=O)c2ccc(-c3nc(N4CCN(C)CC4)sc3F)cc2)C2CCCC2)[C@@H]2C(=O)CC[C@H]12. The molecule has 0 spiro atoms. The van der Waals surface area contributed by atoms with Crippen molar-refractivity contribution in [3.8, 4) is 23.6 Å². The highest BCUT2D eigenvalue weighted by atomic mass is 32.1. The first-order valence-electron chi connectivity index (χ1n) is 14.6. The molecule has 4 fully saturated rings. The van der Waals surface area contributed by atoms with E-state index in [1.165, 1.54) is 0 Å². The van der Waals surface area contributed by atoms with Gasteiger partial charge in [-0.15, -0.1) is 12.3 Å². The summed E-state index contributed by atoms with van der Waals surface area (Å²) in [5.74, 6) is 2.18.